The smallest absolute Gasteiger partial charge is 0.347 e. The van der Waals surface area contributed by atoms with Crippen molar-refractivity contribution in [3.63, 3.8) is 0 Å². The zero-order valence-electron chi connectivity index (χ0n) is 18.0. The zero-order chi connectivity index (χ0) is 23.7. The van der Waals surface area contributed by atoms with Crippen molar-refractivity contribution in [2.24, 2.45) is 5.10 Å². The topological polar surface area (TPSA) is 127 Å². The molecule has 0 atom stereocenters. The second-order valence-corrected chi connectivity index (χ2v) is 7.27. The molecule has 1 heterocycles. The average Bonchev–Trinajstić information content (AvgIpc) is 2.93. The number of aryl methyl sites for hydroxylation is 1. The van der Waals surface area contributed by atoms with Crippen LogP contribution in [-0.2, 0) is 0 Å². The van der Waals surface area contributed by atoms with Gasteiger partial charge in [-0.3, -0.25) is 5.43 Å². The van der Waals surface area contributed by atoms with Crippen LogP contribution in [0.1, 0.15) is 37.4 Å². The first-order valence-corrected chi connectivity index (χ1v) is 9.87. The Kier molecular flexibility index (Phi) is 5.61. The summed E-state index contributed by atoms with van der Waals surface area (Å²) in [5.74, 6) is -2.37. The number of fused-ring (bicyclic) bond motifs is 2. The fourth-order valence-electron chi connectivity index (χ4n) is 3.50. The normalized spacial score (nSPS) is 12.3. The lowest BCUT2D eigenvalue weighted by Crippen LogP contribution is -2.11. The lowest BCUT2D eigenvalue weighted by Gasteiger charge is -2.16. The molecule has 1 aliphatic rings. The van der Waals surface area contributed by atoms with Crippen LogP contribution in [0, 0.1) is 13.8 Å². The number of aromatic carboxylic acids is 1. The molecule has 0 bridgehead atoms. The van der Waals surface area contributed by atoms with E-state index in [0.29, 0.717) is 16.8 Å². The molecule has 0 unspecified atom stereocenters. The number of carbonyl (C=O) groups excluding carboxylic acids is 1. The molecule has 0 aliphatic carbocycles. The second-order valence-electron chi connectivity index (χ2n) is 7.27. The number of para-hydroxylation sites is 1. The van der Waals surface area contributed by atoms with Gasteiger partial charge in [0.1, 0.15) is 22.6 Å². The molecule has 0 saturated heterocycles. The summed E-state index contributed by atoms with van der Waals surface area (Å²) in [5.41, 5.74) is 4.15. The number of aromatic hydroxyl groups is 1. The monoisotopic (exact) mass is 448 g/mol. The van der Waals surface area contributed by atoms with E-state index >= 15 is 0 Å². The molecule has 9 nitrogen and oxygen atoms in total. The molecule has 3 N–H and O–H groups in total. The summed E-state index contributed by atoms with van der Waals surface area (Å²) in [6.07, 6.45) is 1.29. The minimum atomic E-state index is -1.30. The van der Waals surface area contributed by atoms with E-state index in [0.717, 1.165) is 0 Å². The SMILES string of the molecule is COc1cc(C(=O)O)c2c(c1C)OC(=O)c1c(C)cc(O)c(C=NNc3ccccc3)c1O2. The number of hydrogen-bond acceptors (Lipinski definition) is 8. The number of carbonyl (C=O) groups is 2. The largest absolute Gasteiger partial charge is 0.507 e. The fraction of sp³-hybridized carbons (Fsp3) is 0.125. The van der Waals surface area contributed by atoms with Gasteiger partial charge in [-0.15, -0.1) is 0 Å². The number of ether oxygens (including phenoxy) is 3. The molecular formula is C24H20N2O7. The highest BCUT2D eigenvalue weighted by Crippen LogP contribution is 2.48. The Morgan fingerprint density at radius 3 is 2.48 bits per heavy atom. The van der Waals surface area contributed by atoms with Crippen molar-refractivity contribution >= 4 is 23.8 Å². The third kappa shape index (κ3) is 3.91. The molecule has 3 aromatic carbocycles. The van der Waals surface area contributed by atoms with E-state index in [9.17, 15) is 19.8 Å². The van der Waals surface area contributed by atoms with Crippen LogP contribution in [0.5, 0.6) is 28.7 Å². The lowest BCUT2D eigenvalue weighted by atomic mass is 10.0. The Morgan fingerprint density at radius 1 is 1.09 bits per heavy atom. The number of hydrazone groups is 1. The number of rotatable bonds is 5. The number of phenolic OH excluding ortho intramolecular Hbond substituents is 1. The Morgan fingerprint density at radius 2 is 1.82 bits per heavy atom. The van der Waals surface area contributed by atoms with E-state index < -0.39 is 11.9 Å². The van der Waals surface area contributed by atoms with Gasteiger partial charge in [0.15, 0.2) is 17.2 Å². The molecule has 1 aliphatic heterocycles. The highest BCUT2D eigenvalue weighted by Gasteiger charge is 2.33. The maximum absolute atomic E-state index is 13.0. The van der Waals surface area contributed by atoms with E-state index in [1.54, 1.807) is 26.0 Å². The molecule has 168 valence electrons. The predicted molar refractivity (Wildman–Crippen MR) is 120 cm³/mol. The van der Waals surface area contributed by atoms with Gasteiger partial charge in [-0.1, -0.05) is 18.2 Å². The van der Waals surface area contributed by atoms with Crippen molar-refractivity contribution in [3.8, 4) is 28.7 Å². The van der Waals surface area contributed by atoms with Crippen LogP contribution in [0.25, 0.3) is 0 Å². The van der Waals surface area contributed by atoms with Gasteiger partial charge in [0.25, 0.3) is 0 Å². The molecule has 9 heteroatoms. The van der Waals surface area contributed by atoms with E-state index in [2.05, 4.69) is 10.5 Å². The van der Waals surface area contributed by atoms with Crippen molar-refractivity contribution in [1.82, 2.24) is 0 Å². The van der Waals surface area contributed by atoms with Crippen molar-refractivity contribution in [3.05, 3.63) is 70.3 Å². The van der Waals surface area contributed by atoms with Crippen LogP contribution in [0.3, 0.4) is 0 Å². The number of anilines is 1. The van der Waals surface area contributed by atoms with Gasteiger partial charge in [-0.05, 0) is 43.7 Å². The van der Waals surface area contributed by atoms with E-state index in [4.69, 9.17) is 14.2 Å². The average molecular weight is 448 g/mol. The standard InChI is InChI=1S/C24H20N2O7/c1-12-9-17(27)16(11-25-26-14-7-5-4-6-8-14)21-19(12)24(30)33-20-13(2)18(31-3)10-15(23(28)29)22(20)32-21/h4-11,26-27H,1-3H3,(H,28,29). The van der Waals surface area contributed by atoms with Gasteiger partial charge in [0, 0.05) is 5.56 Å². The quantitative estimate of drug-likeness (QED) is 0.226. The molecule has 3 aromatic rings. The Hall–Kier alpha value is -4.53. The minimum Gasteiger partial charge on any atom is -0.507 e. The molecule has 0 amide bonds. The maximum atomic E-state index is 13.0. The molecule has 4 rings (SSSR count). The van der Waals surface area contributed by atoms with Crippen molar-refractivity contribution in [2.45, 2.75) is 13.8 Å². The van der Waals surface area contributed by atoms with Crippen molar-refractivity contribution in [1.29, 1.82) is 0 Å². The van der Waals surface area contributed by atoms with Crippen LogP contribution >= 0.6 is 0 Å². The molecular weight excluding hydrogens is 428 g/mol. The highest BCUT2D eigenvalue weighted by atomic mass is 16.6. The molecule has 33 heavy (non-hydrogen) atoms. The molecule has 0 saturated carbocycles. The summed E-state index contributed by atoms with van der Waals surface area (Å²) in [6.45, 7) is 3.22. The van der Waals surface area contributed by atoms with E-state index in [-0.39, 0.29) is 45.4 Å². The number of carboxylic acid groups (broad SMARTS) is 1. The van der Waals surface area contributed by atoms with Crippen LogP contribution in [0.4, 0.5) is 5.69 Å². The predicted octanol–water partition coefficient (Wildman–Crippen LogP) is 4.49. The van der Waals surface area contributed by atoms with Crippen LogP contribution in [0.15, 0.2) is 47.6 Å². The van der Waals surface area contributed by atoms with E-state index in [1.807, 2.05) is 18.2 Å². The molecule has 0 aromatic heterocycles. The summed E-state index contributed by atoms with van der Waals surface area (Å²) in [5, 5.41) is 24.5. The Bertz CT molecular complexity index is 1300. The van der Waals surface area contributed by atoms with Gasteiger partial charge < -0.3 is 24.4 Å². The molecule has 0 radical (unpaired) electrons. The first-order chi connectivity index (χ1) is 15.8. The van der Waals surface area contributed by atoms with E-state index in [1.165, 1.54) is 25.5 Å². The summed E-state index contributed by atoms with van der Waals surface area (Å²) >= 11 is 0. The molecule has 0 spiro atoms. The first kappa shape index (κ1) is 21.7. The highest BCUT2D eigenvalue weighted by molar-refractivity contribution is 6.03. The van der Waals surface area contributed by atoms with Crippen LogP contribution < -0.4 is 19.6 Å². The van der Waals surface area contributed by atoms with Crippen LogP contribution in [0.2, 0.25) is 0 Å². The number of nitrogens with one attached hydrogen (secondary N) is 1. The number of methoxy groups -OCH3 is 1. The van der Waals surface area contributed by atoms with Crippen molar-refractivity contribution in [2.75, 3.05) is 12.5 Å². The summed E-state index contributed by atoms with van der Waals surface area (Å²) in [4.78, 5) is 25.0. The van der Waals surface area contributed by atoms with Crippen LogP contribution in [-0.4, -0.2) is 35.5 Å². The van der Waals surface area contributed by atoms with Gasteiger partial charge in [-0.2, -0.15) is 5.10 Å². The Labute approximate surface area is 188 Å². The van der Waals surface area contributed by atoms with Gasteiger partial charge >= 0.3 is 11.9 Å². The second kappa shape index (κ2) is 8.54. The summed E-state index contributed by atoms with van der Waals surface area (Å²) < 4.78 is 16.8. The van der Waals surface area contributed by atoms with Gasteiger partial charge in [0.2, 0.25) is 0 Å². The summed E-state index contributed by atoms with van der Waals surface area (Å²) in [6, 6.07) is 11.8. The fourth-order valence-corrected chi connectivity index (χ4v) is 3.50. The number of hydrogen-bond donors (Lipinski definition) is 3. The summed E-state index contributed by atoms with van der Waals surface area (Å²) in [7, 11) is 1.38. The number of nitrogens with zero attached hydrogens (tertiary/aromatic N) is 1. The number of benzene rings is 3. The van der Waals surface area contributed by atoms with Gasteiger partial charge in [0.05, 0.1) is 24.6 Å². The zero-order valence-corrected chi connectivity index (χ0v) is 18.0. The molecule has 0 fully saturated rings. The maximum Gasteiger partial charge on any atom is 0.347 e. The third-order valence-corrected chi connectivity index (χ3v) is 5.15. The number of esters is 1. The lowest BCUT2D eigenvalue weighted by molar-refractivity contribution is 0.0685. The third-order valence-electron chi connectivity index (χ3n) is 5.15. The first-order valence-electron chi connectivity index (χ1n) is 9.87. The number of carboxylic acids is 1. The van der Waals surface area contributed by atoms with Crippen molar-refractivity contribution < 1.29 is 34.0 Å². The Balaban J connectivity index is 1.88. The number of phenols is 1. The minimum absolute atomic E-state index is 0.0415. The van der Waals surface area contributed by atoms with Gasteiger partial charge in [-0.25, -0.2) is 9.59 Å².